The molecule has 0 saturated heterocycles. The van der Waals surface area contributed by atoms with Gasteiger partial charge in [-0.1, -0.05) is 0 Å². The Morgan fingerprint density at radius 2 is 2.00 bits per heavy atom. The average molecular weight is 229 g/mol. The average Bonchev–Trinajstić information content (AvgIpc) is 2.72. The molecule has 0 amide bonds. The Morgan fingerprint density at radius 3 is 2.82 bits per heavy atom. The third kappa shape index (κ3) is 1.73. The van der Waals surface area contributed by atoms with Crippen molar-refractivity contribution in [3.05, 3.63) is 48.5 Å². The SMILES string of the molecule is Oc1cncc(-c2cc3cc(F)ccc3o2)c1. The minimum atomic E-state index is -0.307. The van der Waals surface area contributed by atoms with Gasteiger partial charge in [-0.25, -0.2) is 4.39 Å². The lowest BCUT2D eigenvalue weighted by atomic mass is 10.2. The number of furan rings is 1. The highest BCUT2D eigenvalue weighted by Crippen LogP contribution is 2.29. The highest BCUT2D eigenvalue weighted by atomic mass is 19.1. The lowest BCUT2D eigenvalue weighted by molar-refractivity contribution is 0.472. The standard InChI is InChI=1S/C13H8FNO2/c14-10-1-2-12-8(3-10)5-13(17-12)9-4-11(16)7-15-6-9/h1-7,16H. The van der Waals surface area contributed by atoms with E-state index in [2.05, 4.69) is 4.98 Å². The fourth-order valence-corrected chi connectivity index (χ4v) is 1.72. The second-order valence-corrected chi connectivity index (χ2v) is 3.72. The van der Waals surface area contributed by atoms with Gasteiger partial charge in [0.25, 0.3) is 0 Å². The molecule has 0 radical (unpaired) electrons. The molecule has 0 bridgehead atoms. The lowest BCUT2D eigenvalue weighted by Crippen LogP contribution is -1.76. The molecule has 2 aromatic heterocycles. The summed E-state index contributed by atoms with van der Waals surface area (Å²) in [5.74, 6) is 0.307. The molecule has 0 spiro atoms. The zero-order valence-electron chi connectivity index (χ0n) is 8.72. The van der Waals surface area contributed by atoms with Crippen molar-refractivity contribution < 1.29 is 13.9 Å². The van der Waals surface area contributed by atoms with Crippen molar-refractivity contribution in [1.29, 1.82) is 0 Å². The third-order valence-electron chi connectivity index (χ3n) is 2.49. The number of hydrogen-bond acceptors (Lipinski definition) is 3. The summed E-state index contributed by atoms with van der Waals surface area (Å²) in [6.07, 6.45) is 2.92. The number of rotatable bonds is 1. The number of aromatic nitrogens is 1. The Morgan fingerprint density at radius 1 is 1.12 bits per heavy atom. The highest BCUT2D eigenvalue weighted by molar-refractivity contribution is 5.82. The minimum Gasteiger partial charge on any atom is -0.506 e. The molecule has 0 fully saturated rings. The predicted octanol–water partition coefficient (Wildman–Crippen LogP) is 3.34. The van der Waals surface area contributed by atoms with Crippen LogP contribution in [0, 0.1) is 5.82 Å². The Labute approximate surface area is 96.1 Å². The molecular formula is C13H8FNO2. The number of fused-ring (bicyclic) bond motifs is 1. The van der Waals surface area contributed by atoms with E-state index in [4.69, 9.17) is 4.42 Å². The molecule has 0 saturated carbocycles. The number of aromatic hydroxyl groups is 1. The first kappa shape index (κ1) is 9.84. The molecule has 0 atom stereocenters. The molecule has 4 heteroatoms. The van der Waals surface area contributed by atoms with Crippen molar-refractivity contribution in [2.75, 3.05) is 0 Å². The maximum Gasteiger partial charge on any atom is 0.137 e. The number of hydrogen-bond donors (Lipinski definition) is 1. The van der Waals surface area contributed by atoms with Gasteiger partial charge in [0.15, 0.2) is 0 Å². The molecule has 84 valence electrons. The van der Waals surface area contributed by atoms with Crippen molar-refractivity contribution in [3.8, 4) is 17.1 Å². The van der Waals surface area contributed by atoms with Crippen LogP contribution in [0.1, 0.15) is 0 Å². The molecular weight excluding hydrogens is 221 g/mol. The summed E-state index contributed by atoms with van der Waals surface area (Å²) in [6, 6.07) is 7.58. The van der Waals surface area contributed by atoms with Gasteiger partial charge in [-0.15, -0.1) is 0 Å². The molecule has 17 heavy (non-hydrogen) atoms. The zero-order valence-corrected chi connectivity index (χ0v) is 8.72. The van der Waals surface area contributed by atoms with E-state index in [1.165, 1.54) is 18.3 Å². The predicted molar refractivity (Wildman–Crippen MR) is 61.1 cm³/mol. The smallest absolute Gasteiger partial charge is 0.137 e. The first-order valence-electron chi connectivity index (χ1n) is 5.06. The van der Waals surface area contributed by atoms with Gasteiger partial charge >= 0.3 is 0 Å². The van der Waals surface area contributed by atoms with Gasteiger partial charge in [-0.3, -0.25) is 4.98 Å². The summed E-state index contributed by atoms with van der Waals surface area (Å²) in [4.78, 5) is 3.86. The molecule has 0 unspecified atom stereocenters. The van der Waals surface area contributed by atoms with Crippen LogP contribution in [-0.2, 0) is 0 Å². The maximum absolute atomic E-state index is 13.0. The quantitative estimate of drug-likeness (QED) is 0.696. The Kier molecular flexibility index (Phi) is 2.08. The summed E-state index contributed by atoms with van der Waals surface area (Å²) >= 11 is 0. The molecule has 2 heterocycles. The van der Waals surface area contributed by atoms with Gasteiger partial charge in [-0.05, 0) is 30.3 Å². The van der Waals surface area contributed by atoms with Crippen LogP contribution in [0.2, 0.25) is 0 Å². The first-order valence-corrected chi connectivity index (χ1v) is 5.06. The monoisotopic (exact) mass is 229 g/mol. The topological polar surface area (TPSA) is 46.3 Å². The molecule has 3 nitrogen and oxygen atoms in total. The van der Waals surface area contributed by atoms with Crippen LogP contribution in [0.3, 0.4) is 0 Å². The lowest BCUT2D eigenvalue weighted by Gasteiger charge is -1.95. The van der Waals surface area contributed by atoms with Crippen LogP contribution < -0.4 is 0 Å². The van der Waals surface area contributed by atoms with Crippen LogP contribution in [0.15, 0.2) is 47.1 Å². The molecule has 3 aromatic rings. The molecule has 0 aliphatic carbocycles. The number of nitrogens with zero attached hydrogens (tertiary/aromatic N) is 1. The van der Waals surface area contributed by atoms with Crippen LogP contribution in [0.25, 0.3) is 22.3 Å². The van der Waals surface area contributed by atoms with Gasteiger partial charge in [0, 0.05) is 17.1 Å². The number of benzene rings is 1. The van der Waals surface area contributed by atoms with E-state index in [-0.39, 0.29) is 11.6 Å². The molecule has 0 aliphatic rings. The van der Waals surface area contributed by atoms with Crippen LogP contribution in [-0.4, -0.2) is 10.1 Å². The van der Waals surface area contributed by atoms with Gasteiger partial charge in [0.1, 0.15) is 22.9 Å². The fraction of sp³-hybridized carbons (Fsp3) is 0. The van der Waals surface area contributed by atoms with Crippen LogP contribution >= 0.6 is 0 Å². The van der Waals surface area contributed by atoms with Crippen LogP contribution in [0.4, 0.5) is 4.39 Å². The fourth-order valence-electron chi connectivity index (χ4n) is 1.72. The second-order valence-electron chi connectivity index (χ2n) is 3.72. The van der Waals surface area contributed by atoms with E-state index >= 15 is 0 Å². The first-order chi connectivity index (χ1) is 8.22. The largest absolute Gasteiger partial charge is 0.506 e. The molecule has 0 aliphatic heterocycles. The van der Waals surface area contributed by atoms with Crippen molar-refractivity contribution in [1.82, 2.24) is 4.98 Å². The summed E-state index contributed by atoms with van der Waals surface area (Å²) in [6.45, 7) is 0. The van der Waals surface area contributed by atoms with Crippen molar-refractivity contribution in [2.45, 2.75) is 0 Å². The van der Waals surface area contributed by atoms with E-state index in [0.717, 1.165) is 0 Å². The molecule has 3 rings (SSSR count). The summed E-state index contributed by atoms with van der Waals surface area (Å²) in [7, 11) is 0. The van der Waals surface area contributed by atoms with Crippen molar-refractivity contribution in [2.24, 2.45) is 0 Å². The van der Waals surface area contributed by atoms with Gasteiger partial charge in [0.2, 0.25) is 0 Å². The van der Waals surface area contributed by atoms with Crippen molar-refractivity contribution >= 4 is 11.0 Å². The minimum absolute atomic E-state index is 0.0640. The number of pyridine rings is 1. The normalized spacial score (nSPS) is 10.9. The van der Waals surface area contributed by atoms with E-state index in [1.54, 1.807) is 24.4 Å². The maximum atomic E-state index is 13.0. The summed E-state index contributed by atoms with van der Waals surface area (Å²) < 4.78 is 18.6. The van der Waals surface area contributed by atoms with Gasteiger partial charge in [-0.2, -0.15) is 0 Å². The van der Waals surface area contributed by atoms with E-state index in [1.807, 2.05) is 0 Å². The van der Waals surface area contributed by atoms with Gasteiger partial charge < -0.3 is 9.52 Å². The Bertz CT molecular complexity index is 691. The van der Waals surface area contributed by atoms with Crippen molar-refractivity contribution in [3.63, 3.8) is 0 Å². The summed E-state index contributed by atoms with van der Waals surface area (Å²) in [5, 5.41) is 10.0. The molecule has 1 aromatic carbocycles. The summed E-state index contributed by atoms with van der Waals surface area (Å²) in [5.41, 5.74) is 1.26. The van der Waals surface area contributed by atoms with Gasteiger partial charge in [0.05, 0.1) is 6.20 Å². The zero-order chi connectivity index (χ0) is 11.8. The Balaban J connectivity index is 2.18. The van der Waals surface area contributed by atoms with E-state index < -0.39 is 0 Å². The van der Waals surface area contributed by atoms with Crippen LogP contribution in [0.5, 0.6) is 5.75 Å². The Hall–Kier alpha value is -2.36. The third-order valence-corrected chi connectivity index (χ3v) is 2.49. The second kappa shape index (κ2) is 3.59. The molecule has 1 N–H and O–H groups in total. The van der Waals surface area contributed by atoms with E-state index in [0.29, 0.717) is 22.3 Å². The van der Waals surface area contributed by atoms with E-state index in [9.17, 15) is 9.50 Å². The number of halogens is 1. The highest BCUT2D eigenvalue weighted by Gasteiger charge is 2.07.